The average Bonchev–Trinajstić information content (AvgIpc) is 1.63. The molecule has 0 saturated carbocycles. The summed E-state index contributed by atoms with van der Waals surface area (Å²) in [6, 6.07) is 0. The van der Waals surface area contributed by atoms with Crippen molar-refractivity contribution in [3.8, 4) is 0 Å². The molecule has 0 aromatic heterocycles. The fourth-order valence-corrected chi connectivity index (χ4v) is 0.760. The minimum absolute atomic E-state index is 0.360. The zero-order valence-corrected chi connectivity index (χ0v) is 6.27. The van der Waals surface area contributed by atoms with Crippen LogP contribution in [0, 0.1) is 0 Å². The van der Waals surface area contributed by atoms with Crippen molar-refractivity contribution in [1.29, 1.82) is 0 Å². The third-order valence-electron chi connectivity index (χ3n) is 0.718. The Morgan fingerprint density at radius 1 is 1.89 bits per heavy atom. The van der Waals surface area contributed by atoms with Crippen LogP contribution in [0.3, 0.4) is 0 Å². The lowest BCUT2D eigenvalue weighted by molar-refractivity contribution is 0.188. The minimum atomic E-state index is -2.16. The Labute approximate surface area is 57.1 Å². The lowest BCUT2D eigenvalue weighted by Gasteiger charge is -2.08. The van der Waals surface area contributed by atoms with Gasteiger partial charge in [-0.1, -0.05) is 6.92 Å². The smallest absolute Gasteiger partial charge is 0.291 e. The van der Waals surface area contributed by atoms with E-state index in [1.54, 1.807) is 6.92 Å². The van der Waals surface area contributed by atoms with Gasteiger partial charge in [0.15, 0.2) is 0 Å². The van der Waals surface area contributed by atoms with Crippen molar-refractivity contribution in [2.75, 3.05) is 6.54 Å². The van der Waals surface area contributed by atoms with Gasteiger partial charge in [0.2, 0.25) is 0 Å². The molecule has 0 heterocycles. The van der Waals surface area contributed by atoms with Crippen LogP contribution >= 0.6 is 0 Å². The van der Waals surface area contributed by atoms with E-state index in [2.05, 4.69) is 9.50 Å². The molecule has 0 radical (unpaired) electrons. The summed E-state index contributed by atoms with van der Waals surface area (Å²) in [5.41, 5.74) is 0. The fraction of sp³-hybridized carbons (Fsp3) is 1.00. The minimum Gasteiger partial charge on any atom is -0.291 e. The van der Waals surface area contributed by atoms with Gasteiger partial charge >= 0.3 is 11.4 Å². The van der Waals surface area contributed by atoms with Crippen molar-refractivity contribution in [3.05, 3.63) is 0 Å². The van der Waals surface area contributed by atoms with E-state index < -0.39 is 11.4 Å². The molecule has 0 aliphatic rings. The predicted molar refractivity (Wildman–Crippen MR) is 35.0 cm³/mol. The summed E-state index contributed by atoms with van der Waals surface area (Å²) in [5.74, 6) is 0. The molecule has 0 fully saturated rings. The van der Waals surface area contributed by atoms with E-state index >= 15 is 0 Å². The van der Waals surface area contributed by atoms with Gasteiger partial charge < -0.3 is 0 Å². The maximum absolute atomic E-state index is 9.93. The highest BCUT2D eigenvalue weighted by molar-refractivity contribution is 7.74. The molecule has 0 rings (SSSR count). The van der Waals surface area contributed by atoms with Crippen LogP contribution in [0.5, 0.6) is 0 Å². The van der Waals surface area contributed by atoms with Crippen molar-refractivity contribution in [2.45, 2.75) is 20.1 Å². The zero-order valence-electron chi connectivity index (χ0n) is 5.46. The molecule has 0 amide bonds. The molecule has 0 aromatic carbocycles. The van der Waals surface area contributed by atoms with Crippen LogP contribution in [0.25, 0.3) is 0 Å². The second kappa shape index (κ2) is 4.87. The summed E-state index contributed by atoms with van der Waals surface area (Å²) in [5, 5.41) is 2.80. The highest BCUT2D eigenvalue weighted by atomic mass is 32.2. The standard InChI is InChI=1S/C4H11NO3S/c1-3-5-4(2)8-9(6)7/h4-5H,3H2,1-2H3,(H,6,7). The summed E-state index contributed by atoms with van der Waals surface area (Å²) in [7, 11) is 0. The van der Waals surface area contributed by atoms with E-state index in [1.165, 1.54) is 0 Å². The van der Waals surface area contributed by atoms with E-state index in [0.717, 1.165) is 6.54 Å². The lowest BCUT2D eigenvalue weighted by atomic mass is 10.6. The quantitative estimate of drug-likeness (QED) is 0.444. The van der Waals surface area contributed by atoms with Gasteiger partial charge in [-0.2, -0.15) is 4.21 Å². The number of rotatable bonds is 4. The molecule has 2 N–H and O–H groups in total. The number of nitrogens with one attached hydrogen (secondary N) is 1. The van der Waals surface area contributed by atoms with Gasteiger partial charge in [0.1, 0.15) is 6.23 Å². The molecule has 56 valence electrons. The van der Waals surface area contributed by atoms with E-state index in [1.807, 2.05) is 6.92 Å². The Morgan fingerprint density at radius 3 is 2.78 bits per heavy atom. The molecule has 0 bridgehead atoms. The zero-order chi connectivity index (χ0) is 7.28. The molecule has 0 aliphatic carbocycles. The lowest BCUT2D eigenvalue weighted by Crippen LogP contribution is -2.28. The van der Waals surface area contributed by atoms with Crippen molar-refractivity contribution in [3.63, 3.8) is 0 Å². The molecule has 0 aromatic rings. The summed E-state index contributed by atoms with van der Waals surface area (Å²) >= 11 is -2.16. The Hall–Kier alpha value is 0.0300. The first-order valence-corrected chi connectivity index (χ1v) is 3.71. The van der Waals surface area contributed by atoms with Gasteiger partial charge in [0.25, 0.3) is 0 Å². The second-order valence-electron chi connectivity index (χ2n) is 1.51. The highest BCUT2D eigenvalue weighted by Crippen LogP contribution is 1.86. The molecule has 0 saturated heterocycles. The van der Waals surface area contributed by atoms with Crippen LogP contribution < -0.4 is 5.32 Å². The third-order valence-corrected chi connectivity index (χ3v) is 1.17. The molecular weight excluding hydrogens is 142 g/mol. The average molecular weight is 153 g/mol. The fourth-order valence-electron chi connectivity index (χ4n) is 0.445. The molecule has 2 atom stereocenters. The van der Waals surface area contributed by atoms with Crippen LogP contribution in [0.2, 0.25) is 0 Å². The largest absolute Gasteiger partial charge is 0.303 e. The van der Waals surface area contributed by atoms with Crippen molar-refractivity contribution in [2.24, 2.45) is 0 Å². The van der Waals surface area contributed by atoms with Gasteiger partial charge in [-0.15, -0.1) is 0 Å². The molecular formula is C4H11NO3S. The predicted octanol–water partition coefficient (Wildman–Crippen LogP) is 0.0952. The molecule has 2 unspecified atom stereocenters. The van der Waals surface area contributed by atoms with E-state index in [4.69, 9.17) is 4.55 Å². The number of hydrogen-bond donors (Lipinski definition) is 2. The topological polar surface area (TPSA) is 58.6 Å². The van der Waals surface area contributed by atoms with Crippen LogP contribution in [0.15, 0.2) is 0 Å². The monoisotopic (exact) mass is 153 g/mol. The first kappa shape index (κ1) is 9.03. The van der Waals surface area contributed by atoms with Crippen LogP contribution in [0.1, 0.15) is 13.8 Å². The van der Waals surface area contributed by atoms with Crippen molar-refractivity contribution < 1.29 is 12.9 Å². The SMILES string of the molecule is CCNC(C)OS(=O)O. The number of hydrogen-bond acceptors (Lipinski definition) is 3. The molecule has 9 heavy (non-hydrogen) atoms. The Balaban J connectivity index is 3.26. The highest BCUT2D eigenvalue weighted by Gasteiger charge is 2.01. The van der Waals surface area contributed by atoms with Gasteiger partial charge in [-0.05, 0) is 13.5 Å². The van der Waals surface area contributed by atoms with E-state index in [0.29, 0.717) is 0 Å². The van der Waals surface area contributed by atoms with E-state index in [9.17, 15) is 4.21 Å². The van der Waals surface area contributed by atoms with Crippen molar-refractivity contribution in [1.82, 2.24) is 5.32 Å². The summed E-state index contributed by atoms with van der Waals surface area (Å²) in [6.45, 7) is 4.27. The maximum atomic E-state index is 9.93. The summed E-state index contributed by atoms with van der Waals surface area (Å²) < 4.78 is 22.5. The molecule has 0 aliphatic heterocycles. The van der Waals surface area contributed by atoms with Gasteiger partial charge in [0.05, 0.1) is 0 Å². The molecule has 4 nitrogen and oxygen atoms in total. The van der Waals surface area contributed by atoms with E-state index in [-0.39, 0.29) is 6.23 Å². The second-order valence-corrected chi connectivity index (χ2v) is 2.14. The summed E-state index contributed by atoms with van der Waals surface area (Å²) in [6.07, 6.45) is -0.360. The summed E-state index contributed by atoms with van der Waals surface area (Å²) in [4.78, 5) is 0. The van der Waals surface area contributed by atoms with Crippen LogP contribution in [0.4, 0.5) is 0 Å². The first-order valence-electron chi connectivity index (χ1n) is 2.68. The molecule has 0 spiro atoms. The normalized spacial score (nSPS) is 17.2. The first-order chi connectivity index (χ1) is 4.16. The Kier molecular flexibility index (Phi) is 4.88. The third kappa shape index (κ3) is 5.91. The maximum Gasteiger partial charge on any atom is 0.303 e. The van der Waals surface area contributed by atoms with Crippen LogP contribution in [-0.2, 0) is 15.5 Å². The van der Waals surface area contributed by atoms with Gasteiger partial charge in [-0.3, -0.25) is 9.87 Å². The van der Waals surface area contributed by atoms with Crippen molar-refractivity contribution >= 4 is 11.4 Å². The van der Waals surface area contributed by atoms with Gasteiger partial charge in [-0.25, -0.2) is 4.18 Å². The Morgan fingerprint density at radius 2 is 2.44 bits per heavy atom. The van der Waals surface area contributed by atoms with Gasteiger partial charge in [0, 0.05) is 0 Å². The Bertz CT molecular complexity index is 97.8. The molecule has 5 heteroatoms. The van der Waals surface area contributed by atoms with Crippen LogP contribution in [-0.4, -0.2) is 21.5 Å².